The van der Waals surface area contributed by atoms with E-state index in [0.717, 1.165) is 18.2 Å². The number of ether oxygens (including phenoxy) is 3. The lowest BCUT2D eigenvalue weighted by Gasteiger charge is -2.12. The molecule has 3 aromatic rings. The first kappa shape index (κ1) is 19.7. The highest BCUT2D eigenvalue weighted by Crippen LogP contribution is 2.34. The van der Waals surface area contributed by atoms with Crippen LogP contribution in [0.3, 0.4) is 0 Å². The number of unbranched alkanes of at least 4 members (excludes halogenated alkanes) is 1. The molecule has 0 bridgehead atoms. The predicted molar refractivity (Wildman–Crippen MR) is 107 cm³/mol. The predicted octanol–water partition coefficient (Wildman–Crippen LogP) is 6.03. The highest BCUT2D eigenvalue weighted by molar-refractivity contribution is 6.30. The molecule has 3 aromatic carbocycles. The van der Waals surface area contributed by atoms with Crippen LogP contribution in [0.25, 0.3) is 10.8 Å². The molecule has 5 nitrogen and oxygen atoms in total. The molecule has 28 heavy (non-hydrogen) atoms. The SMILES string of the molecule is CCCCOC(=O)Oc1cccc2cccc(OC(=O)c3ccc(Cl)cc3)c12. The summed E-state index contributed by atoms with van der Waals surface area (Å²) in [6.07, 6.45) is 0.876. The van der Waals surface area contributed by atoms with Gasteiger partial charge in [0.1, 0.15) is 11.5 Å². The Hall–Kier alpha value is -3.05. The number of benzene rings is 3. The van der Waals surface area contributed by atoms with E-state index in [1.165, 1.54) is 0 Å². The van der Waals surface area contributed by atoms with Crippen molar-refractivity contribution >= 4 is 34.5 Å². The topological polar surface area (TPSA) is 61.8 Å². The number of fused-ring (bicyclic) bond motifs is 1. The summed E-state index contributed by atoms with van der Waals surface area (Å²) in [4.78, 5) is 24.4. The molecule has 0 radical (unpaired) electrons. The maximum Gasteiger partial charge on any atom is 0.513 e. The maximum absolute atomic E-state index is 12.5. The van der Waals surface area contributed by atoms with Crippen LogP contribution in [0.15, 0.2) is 60.7 Å². The van der Waals surface area contributed by atoms with Crippen molar-refractivity contribution < 1.29 is 23.8 Å². The minimum Gasteiger partial charge on any atom is -0.434 e. The van der Waals surface area contributed by atoms with Crippen LogP contribution in [0.2, 0.25) is 5.02 Å². The van der Waals surface area contributed by atoms with Gasteiger partial charge in [-0.05, 0) is 48.2 Å². The average molecular weight is 399 g/mol. The van der Waals surface area contributed by atoms with Gasteiger partial charge in [-0.3, -0.25) is 0 Å². The third-order valence-corrected chi connectivity index (χ3v) is 4.27. The van der Waals surface area contributed by atoms with Gasteiger partial charge in [0.05, 0.1) is 17.6 Å². The molecule has 0 aliphatic rings. The first-order valence-electron chi connectivity index (χ1n) is 8.92. The number of hydrogen-bond acceptors (Lipinski definition) is 5. The standard InChI is InChI=1S/C22H19ClO5/c1-2-3-14-26-22(25)28-19-9-5-7-15-6-4-8-18(20(15)19)27-21(24)16-10-12-17(23)13-11-16/h4-13H,2-3,14H2,1H3. The molecule has 0 fully saturated rings. The number of carbonyl (C=O) groups is 2. The zero-order chi connectivity index (χ0) is 19.9. The minimum absolute atomic E-state index is 0.263. The Kier molecular flexibility index (Phi) is 6.50. The first-order valence-corrected chi connectivity index (χ1v) is 9.30. The summed E-state index contributed by atoms with van der Waals surface area (Å²) in [5, 5.41) is 1.80. The molecule has 0 aromatic heterocycles. The van der Waals surface area contributed by atoms with E-state index >= 15 is 0 Å². The van der Waals surface area contributed by atoms with Crippen molar-refractivity contribution in [1.29, 1.82) is 0 Å². The van der Waals surface area contributed by atoms with Crippen LogP contribution < -0.4 is 9.47 Å². The normalized spacial score (nSPS) is 10.5. The number of hydrogen-bond donors (Lipinski definition) is 0. The summed E-state index contributed by atoms with van der Waals surface area (Å²) in [6.45, 7) is 2.29. The van der Waals surface area contributed by atoms with Crippen molar-refractivity contribution in [2.24, 2.45) is 0 Å². The number of carbonyl (C=O) groups excluding carboxylic acids is 2. The summed E-state index contributed by atoms with van der Waals surface area (Å²) < 4.78 is 16.0. The van der Waals surface area contributed by atoms with E-state index in [-0.39, 0.29) is 11.5 Å². The fourth-order valence-electron chi connectivity index (χ4n) is 2.61. The van der Waals surface area contributed by atoms with Gasteiger partial charge in [-0.25, -0.2) is 9.59 Å². The highest BCUT2D eigenvalue weighted by atomic mass is 35.5. The molecule has 0 heterocycles. The van der Waals surface area contributed by atoms with Crippen LogP contribution in [-0.2, 0) is 4.74 Å². The van der Waals surface area contributed by atoms with Gasteiger partial charge in [0.15, 0.2) is 0 Å². The van der Waals surface area contributed by atoms with Crippen molar-refractivity contribution in [2.45, 2.75) is 19.8 Å². The van der Waals surface area contributed by atoms with Gasteiger partial charge in [0, 0.05) is 5.02 Å². The zero-order valence-electron chi connectivity index (χ0n) is 15.3. The zero-order valence-corrected chi connectivity index (χ0v) is 16.1. The third kappa shape index (κ3) is 4.81. The molecule has 0 saturated carbocycles. The fraction of sp³-hybridized carbons (Fsp3) is 0.182. The Morgan fingerprint density at radius 3 is 2.18 bits per heavy atom. The van der Waals surface area contributed by atoms with Crippen LogP contribution in [0.5, 0.6) is 11.5 Å². The molecule has 0 amide bonds. The lowest BCUT2D eigenvalue weighted by Crippen LogP contribution is -2.12. The maximum atomic E-state index is 12.5. The van der Waals surface area contributed by atoms with Gasteiger partial charge >= 0.3 is 12.1 Å². The Bertz CT molecular complexity index is 977. The molecule has 0 spiro atoms. The Labute approximate surface area is 167 Å². The van der Waals surface area contributed by atoms with E-state index in [1.807, 2.05) is 19.1 Å². The second-order valence-corrected chi connectivity index (χ2v) is 6.50. The van der Waals surface area contributed by atoms with Gasteiger partial charge in [-0.2, -0.15) is 0 Å². The Balaban J connectivity index is 1.87. The number of halogens is 1. The van der Waals surface area contributed by atoms with Gasteiger partial charge in [-0.1, -0.05) is 49.2 Å². The summed E-state index contributed by atoms with van der Waals surface area (Å²) in [6, 6.07) is 16.8. The van der Waals surface area contributed by atoms with Gasteiger partial charge in [0.2, 0.25) is 0 Å². The van der Waals surface area contributed by atoms with Gasteiger partial charge in [0.25, 0.3) is 0 Å². The molecule has 0 aliphatic heterocycles. The van der Waals surface area contributed by atoms with E-state index in [0.29, 0.717) is 22.6 Å². The van der Waals surface area contributed by atoms with Crippen molar-refractivity contribution in [2.75, 3.05) is 6.61 Å². The number of rotatable bonds is 6. The summed E-state index contributed by atoms with van der Waals surface area (Å²) in [5.41, 5.74) is 0.360. The molecule has 3 rings (SSSR count). The van der Waals surface area contributed by atoms with E-state index in [4.69, 9.17) is 25.8 Å². The smallest absolute Gasteiger partial charge is 0.434 e. The van der Waals surface area contributed by atoms with Crippen molar-refractivity contribution in [1.82, 2.24) is 0 Å². The summed E-state index contributed by atoms with van der Waals surface area (Å²) in [7, 11) is 0. The minimum atomic E-state index is -0.792. The van der Waals surface area contributed by atoms with Crippen LogP contribution in [0.4, 0.5) is 4.79 Å². The fourth-order valence-corrected chi connectivity index (χ4v) is 2.73. The van der Waals surface area contributed by atoms with E-state index in [1.54, 1.807) is 48.5 Å². The van der Waals surface area contributed by atoms with Crippen molar-refractivity contribution in [3.05, 3.63) is 71.2 Å². The first-order chi connectivity index (χ1) is 13.6. The van der Waals surface area contributed by atoms with Crippen LogP contribution >= 0.6 is 11.6 Å². The Morgan fingerprint density at radius 1 is 0.893 bits per heavy atom. The van der Waals surface area contributed by atoms with Gasteiger partial charge in [-0.15, -0.1) is 0 Å². The van der Waals surface area contributed by atoms with E-state index in [2.05, 4.69) is 0 Å². The number of esters is 1. The molecule has 0 N–H and O–H groups in total. The lowest BCUT2D eigenvalue weighted by molar-refractivity contribution is 0.0737. The van der Waals surface area contributed by atoms with E-state index in [9.17, 15) is 9.59 Å². The third-order valence-electron chi connectivity index (χ3n) is 4.02. The quantitative estimate of drug-likeness (QED) is 0.219. The molecular formula is C22H19ClO5. The molecule has 0 unspecified atom stereocenters. The van der Waals surface area contributed by atoms with Crippen LogP contribution in [0, 0.1) is 0 Å². The average Bonchev–Trinajstić information content (AvgIpc) is 2.69. The molecule has 144 valence electrons. The van der Waals surface area contributed by atoms with Crippen LogP contribution in [-0.4, -0.2) is 18.7 Å². The molecule has 6 heteroatoms. The second-order valence-electron chi connectivity index (χ2n) is 6.06. The monoisotopic (exact) mass is 398 g/mol. The lowest BCUT2D eigenvalue weighted by atomic mass is 10.1. The van der Waals surface area contributed by atoms with E-state index < -0.39 is 12.1 Å². The molecule has 0 atom stereocenters. The Morgan fingerprint density at radius 2 is 1.54 bits per heavy atom. The van der Waals surface area contributed by atoms with Gasteiger partial charge < -0.3 is 14.2 Å². The van der Waals surface area contributed by atoms with Crippen molar-refractivity contribution in [3.63, 3.8) is 0 Å². The second kappa shape index (κ2) is 9.24. The van der Waals surface area contributed by atoms with Crippen molar-refractivity contribution in [3.8, 4) is 11.5 Å². The summed E-state index contributed by atoms with van der Waals surface area (Å²) >= 11 is 5.86. The molecule has 0 saturated heterocycles. The summed E-state index contributed by atoms with van der Waals surface area (Å²) in [5.74, 6) is 0.0115. The largest absolute Gasteiger partial charge is 0.513 e. The molecular weight excluding hydrogens is 380 g/mol. The van der Waals surface area contributed by atoms with Crippen LogP contribution in [0.1, 0.15) is 30.1 Å². The molecule has 0 aliphatic carbocycles. The highest BCUT2D eigenvalue weighted by Gasteiger charge is 2.16.